The van der Waals surface area contributed by atoms with E-state index in [9.17, 15) is 9.18 Å². The molecule has 1 heterocycles. The number of thiazole rings is 1. The zero-order chi connectivity index (χ0) is 16.1. The van der Waals surface area contributed by atoms with Crippen LogP contribution in [0.4, 0.5) is 4.39 Å². The average molecular weight is 320 g/mol. The molecule has 1 aromatic carbocycles. The van der Waals surface area contributed by atoms with Gasteiger partial charge in [-0.2, -0.15) is 0 Å². The molecule has 0 aliphatic carbocycles. The van der Waals surface area contributed by atoms with Gasteiger partial charge in [-0.1, -0.05) is 13.3 Å². The lowest BCUT2D eigenvalue weighted by molar-refractivity contribution is 0.0766. The maximum absolute atomic E-state index is 13.0. The predicted molar refractivity (Wildman–Crippen MR) is 88.7 cm³/mol. The predicted octanol–water partition coefficient (Wildman–Crippen LogP) is 4.52. The lowest BCUT2D eigenvalue weighted by Crippen LogP contribution is -2.31. The SMILES string of the molecule is CCCCN(CC)C(=O)c1sc(-c2ccc(F)cc2)nc1C. The molecule has 0 bridgehead atoms. The summed E-state index contributed by atoms with van der Waals surface area (Å²) in [6, 6.07) is 6.20. The van der Waals surface area contributed by atoms with E-state index in [1.54, 1.807) is 12.1 Å². The Morgan fingerprint density at radius 3 is 2.55 bits per heavy atom. The minimum atomic E-state index is -0.273. The zero-order valence-electron chi connectivity index (χ0n) is 13.2. The molecule has 3 nitrogen and oxygen atoms in total. The molecule has 0 aliphatic rings. The van der Waals surface area contributed by atoms with E-state index >= 15 is 0 Å². The van der Waals surface area contributed by atoms with E-state index in [2.05, 4.69) is 11.9 Å². The highest BCUT2D eigenvalue weighted by Crippen LogP contribution is 2.29. The molecule has 0 saturated carbocycles. The molecule has 0 saturated heterocycles. The Morgan fingerprint density at radius 2 is 1.95 bits per heavy atom. The number of halogens is 1. The van der Waals surface area contributed by atoms with E-state index in [1.165, 1.54) is 23.5 Å². The summed E-state index contributed by atoms with van der Waals surface area (Å²) in [6.45, 7) is 7.43. The van der Waals surface area contributed by atoms with E-state index in [1.807, 2.05) is 18.7 Å². The molecule has 5 heteroatoms. The van der Waals surface area contributed by atoms with Crippen LogP contribution in [-0.4, -0.2) is 28.9 Å². The van der Waals surface area contributed by atoms with Gasteiger partial charge in [0.2, 0.25) is 0 Å². The second-order valence-corrected chi connectivity index (χ2v) is 6.18. The third-order valence-electron chi connectivity index (χ3n) is 3.53. The van der Waals surface area contributed by atoms with Crippen LogP contribution in [0.5, 0.6) is 0 Å². The van der Waals surface area contributed by atoms with Crippen LogP contribution in [0.3, 0.4) is 0 Å². The van der Waals surface area contributed by atoms with Gasteiger partial charge in [-0.15, -0.1) is 11.3 Å². The average Bonchev–Trinajstić information content (AvgIpc) is 2.90. The molecular formula is C17H21FN2OS. The highest BCUT2D eigenvalue weighted by molar-refractivity contribution is 7.17. The summed E-state index contributed by atoms with van der Waals surface area (Å²) in [5.74, 6) is -0.232. The molecule has 0 atom stereocenters. The molecule has 0 N–H and O–H groups in total. The van der Waals surface area contributed by atoms with E-state index in [0.29, 0.717) is 11.4 Å². The Kier molecular flexibility index (Phi) is 5.66. The number of unbranched alkanes of at least 4 members (excludes halogenated alkanes) is 1. The summed E-state index contributed by atoms with van der Waals surface area (Å²) in [7, 11) is 0. The van der Waals surface area contributed by atoms with Gasteiger partial charge in [0.25, 0.3) is 5.91 Å². The Bertz CT molecular complexity index is 637. The number of amides is 1. The number of rotatable bonds is 6. The van der Waals surface area contributed by atoms with E-state index in [4.69, 9.17) is 0 Å². The van der Waals surface area contributed by atoms with E-state index in [0.717, 1.165) is 35.7 Å². The number of hydrogen-bond acceptors (Lipinski definition) is 3. The van der Waals surface area contributed by atoms with E-state index < -0.39 is 0 Å². The van der Waals surface area contributed by atoms with Gasteiger partial charge in [0.15, 0.2) is 0 Å². The molecule has 0 radical (unpaired) electrons. The topological polar surface area (TPSA) is 33.2 Å². The van der Waals surface area contributed by atoms with Crippen LogP contribution < -0.4 is 0 Å². The molecule has 2 aromatic rings. The molecule has 1 amide bonds. The molecule has 0 spiro atoms. The van der Waals surface area contributed by atoms with Gasteiger partial charge >= 0.3 is 0 Å². The van der Waals surface area contributed by atoms with Crippen molar-refractivity contribution in [3.8, 4) is 10.6 Å². The van der Waals surface area contributed by atoms with Crippen LogP contribution in [0.15, 0.2) is 24.3 Å². The minimum Gasteiger partial charge on any atom is -0.338 e. The number of carbonyl (C=O) groups excluding carboxylic acids is 1. The van der Waals surface area contributed by atoms with Crippen LogP contribution >= 0.6 is 11.3 Å². The van der Waals surface area contributed by atoms with Crippen LogP contribution in [0.25, 0.3) is 10.6 Å². The fourth-order valence-electron chi connectivity index (χ4n) is 2.21. The summed E-state index contributed by atoms with van der Waals surface area (Å²) in [5, 5.41) is 0.757. The summed E-state index contributed by atoms with van der Waals surface area (Å²) < 4.78 is 13.0. The molecule has 2 rings (SSSR count). The number of benzene rings is 1. The number of hydrogen-bond donors (Lipinski definition) is 0. The first-order chi connectivity index (χ1) is 10.6. The van der Waals surface area contributed by atoms with Crippen molar-refractivity contribution < 1.29 is 9.18 Å². The third kappa shape index (κ3) is 3.71. The first-order valence-corrected chi connectivity index (χ1v) is 8.41. The lowest BCUT2D eigenvalue weighted by Gasteiger charge is -2.19. The van der Waals surface area contributed by atoms with Gasteiger partial charge in [-0.25, -0.2) is 9.37 Å². The van der Waals surface area contributed by atoms with Gasteiger partial charge in [0.1, 0.15) is 15.7 Å². The molecule has 22 heavy (non-hydrogen) atoms. The Balaban J connectivity index is 2.25. The standard InChI is InChI=1S/C17H21FN2OS/c1-4-6-11-20(5-2)17(21)15-12(3)19-16(22-15)13-7-9-14(18)10-8-13/h7-10H,4-6,11H2,1-3H3. The van der Waals surface area contributed by atoms with Gasteiger partial charge < -0.3 is 4.90 Å². The normalized spacial score (nSPS) is 10.7. The number of carbonyl (C=O) groups is 1. The van der Waals surface area contributed by atoms with Crippen LogP contribution in [-0.2, 0) is 0 Å². The van der Waals surface area contributed by atoms with Crippen LogP contribution in [0.1, 0.15) is 42.1 Å². The van der Waals surface area contributed by atoms with Crippen molar-refractivity contribution in [2.75, 3.05) is 13.1 Å². The first-order valence-electron chi connectivity index (χ1n) is 7.59. The lowest BCUT2D eigenvalue weighted by atomic mass is 10.2. The Labute approximate surface area is 134 Å². The Hall–Kier alpha value is -1.75. The highest BCUT2D eigenvalue weighted by atomic mass is 32.1. The number of aryl methyl sites for hydroxylation is 1. The molecule has 1 aromatic heterocycles. The summed E-state index contributed by atoms with van der Waals surface area (Å²) >= 11 is 1.38. The monoisotopic (exact) mass is 320 g/mol. The summed E-state index contributed by atoms with van der Waals surface area (Å²) in [5.41, 5.74) is 1.58. The van der Waals surface area contributed by atoms with Gasteiger partial charge in [0.05, 0.1) is 5.69 Å². The van der Waals surface area contributed by atoms with Crippen molar-refractivity contribution in [2.24, 2.45) is 0 Å². The smallest absolute Gasteiger partial charge is 0.265 e. The van der Waals surface area contributed by atoms with Crippen molar-refractivity contribution in [2.45, 2.75) is 33.6 Å². The van der Waals surface area contributed by atoms with Crippen molar-refractivity contribution in [1.29, 1.82) is 0 Å². The van der Waals surface area contributed by atoms with Gasteiger partial charge in [0, 0.05) is 18.7 Å². The number of nitrogens with zero attached hydrogens (tertiary/aromatic N) is 2. The van der Waals surface area contributed by atoms with Crippen LogP contribution in [0, 0.1) is 12.7 Å². The second kappa shape index (κ2) is 7.49. The molecule has 0 aliphatic heterocycles. The van der Waals surface area contributed by atoms with Crippen molar-refractivity contribution in [3.05, 3.63) is 40.7 Å². The molecular weight excluding hydrogens is 299 g/mol. The maximum Gasteiger partial charge on any atom is 0.265 e. The van der Waals surface area contributed by atoms with E-state index in [-0.39, 0.29) is 11.7 Å². The van der Waals surface area contributed by atoms with Crippen LogP contribution in [0.2, 0.25) is 0 Å². The summed E-state index contributed by atoms with van der Waals surface area (Å²) in [6.07, 6.45) is 2.06. The third-order valence-corrected chi connectivity index (χ3v) is 4.73. The second-order valence-electron chi connectivity index (χ2n) is 5.18. The summed E-state index contributed by atoms with van der Waals surface area (Å²) in [4.78, 5) is 19.7. The highest BCUT2D eigenvalue weighted by Gasteiger charge is 2.20. The zero-order valence-corrected chi connectivity index (χ0v) is 14.0. The first kappa shape index (κ1) is 16.6. The number of aromatic nitrogens is 1. The molecule has 0 unspecified atom stereocenters. The van der Waals surface area contributed by atoms with Crippen molar-refractivity contribution in [3.63, 3.8) is 0 Å². The van der Waals surface area contributed by atoms with Gasteiger partial charge in [-0.05, 0) is 44.5 Å². The maximum atomic E-state index is 13.0. The fourth-order valence-corrected chi connectivity index (χ4v) is 3.25. The van der Waals surface area contributed by atoms with Crippen molar-refractivity contribution >= 4 is 17.2 Å². The quantitative estimate of drug-likeness (QED) is 0.784. The molecule has 0 fully saturated rings. The minimum absolute atomic E-state index is 0.0410. The van der Waals surface area contributed by atoms with Crippen molar-refractivity contribution in [1.82, 2.24) is 9.88 Å². The Morgan fingerprint density at radius 1 is 1.27 bits per heavy atom. The largest absolute Gasteiger partial charge is 0.338 e. The fraction of sp³-hybridized carbons (Fsp3) is 0.412. The van der Waals surface area contributed by atoms with Gasteiger partial charge in [-0.3, -0.25) is 4.79 Å². The molecule has 118 valence electrons.